The molecule has 0 rings (SSSR count). The van der Waals surface area contributed by atoms with E-state index in [-0.39, 0.29) is 25.1 Å². The van der Waals surface area contributed by atoms with Crippen molar-refractivity contribution in [2.45, 2.75) is 360 Å². The van der Waals surface area contributed by atoms with Gasteiger partial charge in [-0.1, -0.05) is 318 Å². The van der Waals surface area contributed by atoms with Gasteiger partial charge in [0.15, 0.2) is 0 Å². The van der Waals surface area contributed by atoms with Gasteiger partial charge in [0.1, 0.15) is 19.3 Å². The second-order valence-corrected chi connectivity index (χ2v) is 27.9. The number of amides is 1. The highest BCUT2D eigenvalue weighted by atomic mass is 31.2. The predicted octanol–water partition coefficient (Wildman–Crippen LogP) is 24.1. The van der Waals surface area contributed by atoms with Crippen LogP contribution in [0.5, 0.6) is 0 Å². The van der Waals surface area contributed by atoms with Crippen molar-refractivity contribution in [2.75, 3.05) is 40.9 Å². The van der Waals surface area contributed by atoms with E-state index in [4.69, 9.17) is 13.8 Å². The lowest BCUT2D eigenvalue weighted by Gasteiger charge is -2.27. The molecule has 10 heteroatoms. The van der Waals surface area contributed by atoms with Crippen LogP contribution in [0.2, 0.25) is 0 Å². The van der Waals surface area contributed by atoms with E-state index in [1.807, 2.05) is 33.3 Å². The predicted molar refractivity (Wildman–Crippen MR) is 383 cm³/mol. The summed E-state index contributed by atoms with van der Waals surface area (Å²) < 4.78 is 30.9. The molecule has 0 aliphatic heterocycles. The Hall–Kier alpha value is -2.81. The average molecular weight is 1250 g/mol. The highest BCUT2D eigenvalue weighted by Crippen LogP contribution is 2.43. The van der Waals surface area contributed by atoms with Crippen molar-refractivity contribution in [3.05, 3.63) is 85.1 Å². The van der Waals surface area contributed by atoms with Crippen LogP contribution in [-0.2, 0) is 27.9 Å². The summed E-state index contributed by atoms with van der Waals surface area (Å²) in [5.41, 5.74) is 0. The number of nitrogens with one attached hydrogen (secondary N) is 1. The standard InChI is InChI=1S/C78H143N2O7P/c1-7-10-13-16-19-22-25-28-30-32-34-36-38-39-40-41-43-44-46-48-50-52-55-58-61-64-67-70-77(81)79-75(74-86-88(83,84)85-73-72-80(4,5)6)76(69-66-63-60-57-54-27-24-21-18-15-12-9-3)87-78(82)71-68-65-62-59-56-53-51-49-47-45-42-37-35-33-31-29-26-23-20-17-14-11-8-2/h10,13,19,22,28-31,34,36,39-40,66,69,75-76H,7-9,11-12,14-18,20-21,23-27,32-33,35,37-38,41-65,67-68,70-74H2,1-6H3,(H-,79,81,83,84)/p+1/b13-10-,22-19-,30-28-,31-29+,36-34-,40-39-,69-66-. The van der Waals surface area contributed by atoms with Crippen LogP contribution in [0.1, 0.15) is 348 Å². The van der Waals surface area contributed by atoms with Gasteiger partial charge in [0, 0.05) is 12.8 Å². The van der Waals surface area contributed by atoms with E-state index in [1.165, 1.54) is 225 Å². The molecule has 0 saturated heterocycles. The Kier molecular flexibility index (Phi) is 64.9. The number of rotatable bonds is 68. The first kappa shape index (κ1) is 85.2. The van der Waals surface area contributed by atoms with E-state index in [0.29, 0.717) is 23.9 Å². The number of esters is 1. The molecule has 0 spiro atoms. The summed E-state index contributed by atoms with van der Waals surface area (Å²) in [6.07, 6.45) is 90.3. The molecule has 2 N–H and O–H groups in total. The quantitative estimate of drug-likeness (QED) is 0.0205. The first-order valence-corrected chi connectivity index (χ1v) is 38.9. The molecule has 0 aromatic heterocycles. The van der Waals surface area contributed by atoms with Crippen molar-refractivity contribution in [1.82, 2.24) is 5.32 Å². The summed E-state index contributed by atoms with van der Waals surface area (Å²) in [6, 6.07) is -0.854. The number of likely N-dealkylation sites (N-methyl/N-ethyl adjacent to an activating group) is 1. The maximum absolute atomic E-state index is 13.6. The number of phosphoric acid groups is 1. The van der Waals surface area contributed by atoms with Crippen LogP contribution in [-0.4, -0.2) is 74.3 Å². The molecule has 0 aliphatic carbocycles. The Bertz CT molecular complexity index is 1780. The smallest absolute Gasteiger partial charge is 0.456 e. The number of carbonyl (C=O) groups is 2. The number of quaternary nitrogens is 1. The largest absolute Gasteiger partial charge is 0.472 e. The number of carbonyl (C=O) groups excluding carboxylic acids is 2. The summed E-state index contributed by atoms with van der Waals surface area (Å²) in [4.78, 5) is 38.0. The van der Waals surface area contributed by atoms with E-state index in [1.54, 1.807) is 0 Å². The van der Waals surface area contributed by atoms with Crippen molar-refractivity contribution in [1.29, 1.82) is 0 Å². The van der Waals surface area contributed by atoms with Gasteiger partial charge in [0.2, 0.25) is 5.91 Å². The number of phosphoric ester groups is 1. The summed E-state index contributed by atoms with van der Waals surface area (Å²) in [5, 5.41) is 3.08. The third-order valence-electron chi connectivity index (χ3n) is 16.6. The van der Waals surface area contributed by atoms with Crippen LogP contribution in [0.15, 0.2) is 85.1 Å². The monoisotopic (exact) mass is 1250 g/mol. The van der Waals surface area contributed by atoms with Crippen LogP contribution in [0.3, 0.4) is 0 Å². The summed E-state index contributed by atoms with van der Waals surface area (Å²) in [6.45, 7) is 6.93. The van der Waals surface area contributed by atoms with Crippen molar-refractivity contribution < 1.29 is 37.3 Å². The Morgan fingerprint density at radius 1 is 0.409 bits per heavy atom. The Balaban J connectivity index is 5.00. The zero-order valence-electron chi connectivity index (χ0n) is 58.7. The molecule has 0 aliphatic rings. The lowest BCUT2D eigenvalue weighted by Crippen LogP contribution is -2.47. The van der Waals surface area contributed by atoms with E-state index in [0.717, 1.165) is 89.9 Å². The third-order valence-corrected chi connectivity index (χ3v) is 17.6. The Morgan fingerprint density at radius 3 is 1.10 bits per heavy atom. The number of hydrogen-bond donors (Lipinski definition) is 2. The third kappa shape index (κ3) is 67.6. The maximum atomic E-state index is 13.6. The fourth-order valence-corrected chi connectivity index (χ4v) is 11.6. The highest BCUT2D eigenvalue weighted by Gasteiger charge is 2.30. The lowest BCUT2D eigenvalue weighted by atomic mass is 10.0. The van der Waals surface area contributed by atoms with Gasteiger partial charge in [-0.15, -0.1) is 0 Å². The van der Waals surface area contributed by atoms with Crippen LogP contribution < -0.4 is 5.32 Å². The Morgan fingerprint density at radius 2 is 0.727 bits per heavy atom. The number of nitrogens with zero attached hydrogens (tertiary/aromatic N) is 1. The Labute approximate surface area is 546 Å². The molecule has 1 amide bonds. The van der Waals surface area contributed by atoms with Gasteiger partial charge in [0.05, 0.1) is 33.8 Å². The van der Waals surface area contributed by atoms with Gasteiger partial charge in [-0.2, -0.15) is 0 Å². The fraction of sp³-hybridized carbons (Fsp3) is 0.795. The van der Waals surface area contributed by atoms with E-state index >= 15 is 0 Å². The maximum Gasteiger partial charge on any atom is 0.472 e. The second-order valence-electron chi connectivity index (χ2n) is 26.4. The SMILES string of the molecule is CC/C=C\C/C=C\C/C=C\C/C=C\C/C=C\CCCCCCCCCCCCCC(=O)NC(COP(=O)(O)OCC[N+](C)(C)C)C(/C=C\CCCCCCCCCCCC)OC(=O)CCCCCCCCCCCCCCC/C=C/CCCCCCCC. The molecule has 0 saturated carbocycles. The normalized spacial score (nSPS) is 13.9. The fourth-order valence-electron chi connectivity index (χ4n) is 10.8. The minimum atomic E-state index is -4.46. The molecule has 3 atom stereocenters. The van der Waals surface area contributed by atoms with Crippen LogP contribution in [0.4, 0.5) is 0 Å². The van der Waals surface area contributed by atoms with Crippen LogP contribution in [0, 0.1) is 0 Å². The van der Waals surface area contributed by atoms with Crippen LogP contribution >= 0.6 is 7.82 Å². The van der Waals surface area contributed by atoms with Crippen molar-refractivity contribution in [2.24, 2.45) is 0 Å². The highest BCUT2D eigenvalue weighted by molar-refractivity contribution is 7.47. The molecule has 0 aromatic rings. The molecule has 0 fully saturated rings. The minimum absolute atomic E-state index is 0.0382. The molecule has 0 bridgehead atoms. The minimum Gasteiger partial charge on any atom is -0.456 e. The molecule has 0 aromatic carbocycles. The molecule has 9 nitrogen and oxygen atoms in total. The summed E-state index contributed by atoms with van der Waals surface area (Å²) in [5.74, 6) is -0.498. The second kappa shape index (κ2) is 67.1. The summed E-state index contributed by atoms with van der Waals surface area (Å²) in [7, 11) is 1.50. The zero-order valence-corrected chi connectivity index (χ0v) is 59.6. The van der Waals surface area contributed by atoms with Gasteiger partial charge in [-0.05, 0) is 102 Å². The van der Waals surface area contributed by atoms with Crippen molar-refractivity contribution in [3.8, 4) is 0 Å². The first-order chi connectivity index (χ1) is 42.9. The molecular weight excluding hydrogens is 1110 g/mol. The van der Waals surface area contributed by atoms with E-state index < -0.39 is 20.0 Å². The summed E-state index contributed by atoms with van der Waals surface area (Å²) >= 11 is 0. The number of hydrogen-bond acceptors (Lipinski definition) is 6. The van der Waals surface area contributed by atoms with Gasteiger partial charge in [-0.3, -0.25) is 18.6 Å². The van der Waals surface area contributed by atoms with Gasteiger partial charge in [0.25, 0.3) is 0 Å². The first-order valence-electron chi connectivity index (χ1n) is 37.4. The van der Waals surface area contributed by atoms with Crippen molar-refractivity contribution in [3.63, 3.8) is 0 Å². The molecule has 512 valence electrons. The van der Waals surface area contributed by atoms with E-state index in [9.17, 15) is 19.0 Å². The molecule has 0 radical (unpaired) electrons. The number of allylic oxidation sites excluding steroid dienone is 13. The number of ether oxygens (including phenoxy) is 1. The average Bonchev–Trinajstić information content (AvgIpc) is 3.66. The van der Waals surface area contributed by atoms with E-state index in [2.05, 4.69) is 99.0 Å². The van der Waals surface area contributed by atoms with Gasteiger partial charge >= 0.3 is 13.8 Å². The van der Waals surface area contributed by atoms with Gasteiger partial charge < -0.3 is 19.4 Å². The number of unbranched alkanes of at least 4 members (excludes halogenated alkanes) is 40. The lowest BCUT2D eigenvalue weighted by molar-refractivity contribution is -0.870. The zero-order chi connectivity index (χ0) is 64.2. The molecule has 0 heterocycles. The molecule has 3 unspecified atom stereocenters. The van der Waals surface area contributed by atoms with Crippen LogP contribution in [0.25, 0.3) is 0 Å². The molecular formula is C78H144N2O7P+. The van der Waals surface area contributed by atoms with Crippen molar-refractivity contribution >= 4 is 19.7 Å². The molecule has 88 heavy (non-hydrogen) atoms. The topological polar surface area (TPSA) is 111 Å². The van der Waals surface area contributed by atoms with Gasteiger partial charge in [-0.25, -0.2) is 4.57 Å².